The fourth-order valence-corrected chi connectivity index (χ4v) is 2.62. The smallest absolute Gasteiger partial charge is 0.0741 e. The fraction of sp³-hybridized carbons (Fsp3) is 0.625. The van der Waals surface area contributed by atoms with Gasteiger partial charge >= 0.3 is 0 Å². The van der Waals surface area contributed by atoms with Gasteiger partial charge < -0.3 is 15.3 Å². The van der Waals surface area contributed by atoms with Crippen LogP contribution in [0.25, 0.3) is 0 Å². The highest BCUT2D eigenvalue weighted by atomic mass is 16.3. The number of nitrogens with one attached hydrogen (secondary N) is 1. The van der Waals surface area contributed by atoms with E-state index in [-0.39, 0.29) is 6.10 Å². The van der Waals surface area contributed by atoms with Crippen LogP contribution in [0.4, 0.5) is 5.69 Å². The number of β-amino-alcohol motifs (C(OH)–C–C–N with tert-alkyl or cyclic N) is 1. The minimum atomic E-state index is -0.199. The molecule has 106 valence electrons. The molecule has 19 heavy (non-hydrogen) atoms. The van der Waals surface area contributed by atoms with Gasteiger partial charge in [0.25, 0.3) is 0 Å². The normalized spacial score (nSPS) is 23.7. The van der Waals surface area contributed by atoms with E-state index in [1.807, 2.05) is 0 Å². The monoisotopic (exact) mass is 262 g/mol. The molecule has 2 rings (SSSR count). The molecule has 0 amide bonds. The van der Waals surface area contributed by atoms with E-state index in [0.29, 0.717) is 5.92 Å². The molecule has 1 heterocycles. The lowest BCUT2D eigenvalue weighted by atomic mass is 9.95. The third-order valence-corrected chi connectivity index (χ3v) is 4.18. The third kappa shape index (κ3) is 3.48. The molecule has 2 N–H and O–H groups in total. The van der Waals surface area contributed by atoms with E-state index in [2.05, 4.69) is 49.2 Å². The first-order valence-electron chi connectivity index (χ1n) is 7.35. The van der Waals surface area contributed by atoms with Crippen molar-refractivity contribution in [1.82, 2.24) is 5.32 Å². The second kappa shape index (κ2) is 6.40. The molecule has 2 atom stereocenters. The Balaban J connectivity index is 2.07. The van der Waals surface area contributed by atoms with Crippen molar-refractivity contribution in [2.24, 2.45) is 5.92 Å². The van der Waals surface area contributed by atoms with Crippen molar-refractivity contribution in [3.05, 3.63) is 29.3 Å². The molecule has 0 radical (unpaired) electrons. The van der Waals surface area contributed by atoms with Crippen LogP contribution in [0.3, 0.4) is 0 Å². The minimum absolute atomic E-state index is 0.199. The summed E-state index contributed by atoms with van der Waals surface area (Å²) in [4.78, 5) is 2.30. The lowest BCUT2D eigenvalue weighted by Gasteiger charge is -2.36. The molecule has 1 aromatic rings. The Labute approximate surface area is 116 Å². The SMILES string of the molecule is CCNCc1ccc(N2CCC(C)C(O)C2)cc1C. The van der Waals surface area contributed by atoms with Crippen LogP contribution in [0.1, 0.15) is 31.4 Å². The van der Waals surface area contributed by atoms with Crippen molar-refractivity contribution in [1.29, 1.82) is 0 Å². The average molecular weight is 262 g/mol. The summed E-state index contributed by atoms with van der Waals surface area (Å²) in [6.45, 7) is 10.2. The van der Waals surface area contributed by atoms with Crippen molar-refractivity contribution in [3.8, 4) is 0 Å². The maximum Gasteiger partial charge on any atom is 0.0741 e. The first kappa shape index (κ1) is 14.4. The van der Waals surface area contributed by atoms with Crippen molar-refractivity contribution < 1.29 is 5.11 Å². The highest BCUT2D eigenvalue weighted by Gasteiger charge is 2.24. The number of nitrogens with zero attached hydrogens (tertiary/aromatic N) is 1. The van der Waals surface area contributed by atoms with Crippen molar-refractivity contribution in [3.63, 3.8) is 0 Å². The van der Waals surface area contributed by atoms with E-state index >= 15 is 0 Å². The molecule has 0 saturated carbocycles. The number of piperidine rings is 1. The summed E-state index contributed by atoms with van der Waals surface area (Å²) >= 11 is 0. The zero-order chi connectivity index (χ0) is 13.8. The molecule has 1 fully saturated rings. The number of aliphatic hydroxyl groups excluding tert-OH is 1. The fourth-order valence-electron chi connectivity index (χ4n) is 2.62. The first-order valence-corrected chi connectivity index (χ1v) is 7.35. The van der Waals surface area contributed by atoms with Gasteiger partial charge in [0.05, 0.1) is 6.10 Å². The van der Waals surface area contributed by atoms with E-state index in [1.165, 1.54) is 16.8 Å². The molecule has 0 spiro atoms. The largest absolute Gasteiger partial charge is 0.391 e. The van der Waals surface area contributed by atoms with Crippen LogP contribution < -0.4 is 10.2 Å². The molecule has 1 saturated heterocycles. The Morgan fingerprint density at radius 1 is 1.42 bits per heavy atom. The lowest BCUT2D eigenvalue weighted by Crippen LogP contribution is -2.42. The molecule has 1 aromatic carbocycles. The minimum Gasteiger partial charge on any atom is -0.391 e. The molecule has 0 bridgehead atoms. The van der Waals surface area contributed by atoms with Gasteiger partial charge in [-0.25, -0.2) is 0 Å². The van der Waals surface area contributed by atoms with E-state index in [9.17, 15) is 5.11 Å². The van der Waals surface area contributed by atoms with Crippen LogP contribution in [0.15, 0.2) is 18.2 Å². The summed E-state index contributed by atoms with van der Waals surface area (Å²) in [5.74, 6) is 0.422. The van der Waals surface area contributed by atoms with E-state index in [1.54, 1.807) is 0 Å². The number of hydrogen-bond acceptors (Lipinski definition) is 3. The van der Waals surface area contributed by atoms with E-state index in [0.717, 1.165) is 32.6 Å². The van der Waals surface area contributed by atoms with Gasteiger partial charge in [0.2, 0.25) is 0 Å². The molecular weight excluding hydrogens is 236 g/mol. The Bertz CT molecular complexity index is 419. The average Bonchev–Trinajstić information content (AvgIpc) is 2.40. The molecule has 2 unspecified atom stereocenters. The highest BCUT2D eigenvalue weighted by Crippen LogP contribution is 2.25. The molecule has 0 aromatic heterocycles. The number of aryl methyl sites for hydroxylation is 1. The summed E-state index contributed by atoms with van der Waals surface area (Å²) < 4.78 is 0. The summed E-state index contributed by atoms with van der Waals surface area (Å²) in [6.07, 6.45) is 0.870. The van der Waals surface area contributed by atoms with Crippen LogP contribution in [0.5, 0.6) is 0 Å². The van der Waals surface area contributed by atoms with Crippen LogP contribution in [0, 0.1) is 12.8 Å². The predicted molar refractivity (Wildman–Crippen MR) is 80.6 cm³/mol. The van der Waals surface area contributed by atoms with Crippen LogP contribution in [-0.4, -0.2) is 30.8 Å². The number of aliphatic hydroxyl groups is 1. The maximum atomic E-state index is 10.00. The summed E-state index contributed by atoms with van der Waals surface area (Å²) in [5, 5.41) is 13.4. The van der Waals surface area contributed by atoms with Gasteiger partial charge in [-0.2, -0.15) is 0 Å². The second-order valence-electron chi connectivity index (χ2n) is 5.67. The Morgan fingerprint density at radius 2 is 2.21 bits per heavy atom. The topological polar surface area (TPSA) is 35.5 Å². The molecule has 1 aliphatic heterocycles. The third-order valence-electron chi connectivity index (χ3n) is 4.18. The molecular formula is C16H26N2O. The number of benzene rings is 1. The molecule has 3 nitrogen and oxygen atoms in total. The van der Waals surface area contributed by atoms with Crippen LogP contribution in [-0.2, 0) is 6.54 Å². The van der Waals surface area contributed by atoms with Gasteiger partial charge in [-0.15, -0.1) is 0 Å². The van der Waals surface area contributed by atoms with Crippen molar-refractivity contribution in [2.75, 3.05) is 24.5 Å². The molecule has 0 aliphatic carbocycles. The maximum absolute atomic E-state index is 10.00. The number of hydrogen-bond donors (Lipinski definition) is 2. The standard InChI is InChI=1S/C16H26N2O/c1-4-17-10-14-5-6-15(9-13(14)3)18-8-7-12(2)16(19)11-18/h5-6,9,12,16-17,19H,4,7-8,10-11H2,1-3H3. The van der Waals surface area contributed by atoms with Gasteiger partial charge in [0, 0.05) is 25.3 Å². The van der Waals surface area contributed by atoms with Gasteiger partial charge in [0.15, 0.2) is 0 Å². The van der Waals surface area contributed by atoms with Gasteiger partial charge in [0.1, 0.15) is 0 Å². The summed E-state index contributed by atoms with van der Waals surface area (Å²) in [6, 6.07) is 6.63. The Hall–Kier alpha value is -1.06. The van der Waals surface area contributed by atoms with Crippen LogP contribution >= 0.6 is 0 Å². The zero-order valence-electron chi connectivity index (χ0n) is 12.3. The summed E-state index contributed by atoms with van der Waals surface area (Å²) in [5.41, 5.74) is 3.92. The second-order valence-corrected chi connectivity index (χ2v) is 5.67. The zero-order valence-corrected chi connectivity index (χ0v) is 12.3. The highest BCUT2D eigenvalue weighted by molar-refractivity contribution is 5.51. The van der Waals surface area contributed by atoms with Gasteiger partial charge in [-0.05, 0) is 49.1 Å². The summed E-state index contributed by atoms with van der Waals surface area (Å²) in [7, 11) is 0. The van der Waals surface area contributed by atoms with E-state index < -0.39 is 0 Å². The molecule has 3 heteroatoms. The quantitative estimate of drug-likeness (QED) is 0.874. The number of anilines is 1. The Morgan fingerprint density at radius 3 is 2.84 bits per heavy atom. The van der Waals surface area contributed by atoms with Crippen LogP contribution in [0.2, 0.25) is 0 Å². The Kier molecular flexibility index (Phi) is 4.83. The lowest BCUT2D eigenvalue weighted by molar-refractivity contribution is 0.103. The molecule has 1 aliphatic rings. The van der Waals surface area contributed by atoms with Crippen molar-refractivity contribution in [2.45, 2.75) is 39.8 Å². The van der Waals surface area contributed by atoms with E-state index in [4.69, 9.17) is 0 Å². The predicted octanol–water partition coefficient (Wildman–Crippen LogP) is 2.31. The first-order chi connectivity index (χ1) is 9.11. The number of rotatable bonds is 4. The van der Waals surface area contributed by atoms with Crippen molar-refractivity contribution >= 4 is 5.69 Å². The van der Waals surface area contributed by atoms with Gasteiger partial charge in [-0.1, -0.05) is 19.9 Å². The van der Waals surface area contributed by atoms with Gasteiger partial charge in [-0.3, -0.25) is 0 Å².